The molecule has 0 rings (SSSR count). The Morgan fingerprint density at radius 1 is 1.38 bits per heavy atom. The number of hydrogen-bond donors (Lipinski definition) is 1. The van der Waals surface area contributed by atoms with Crippen molar-refractivity contribution in [2.24, 2.45) is 17.0 Å². The lowest BCUT2D eigenvalue weighted by molar-refractivity contribution is 0.430. The molecule has 0 aliphatic carbocycles. The number of hydrogen-bond acceptors (Lipinski definition) is 2. The van der Waals surface area contributed by atoms with Crippen LogP contribution in [0.4, 0.5) is 0 Å². The molecule has 0 fully saturated rings. The molecule has 0 aromatic heterocycles. The maximum atomic E-state index is 11.2. The van der Waals surface area contributed by atoms with E-state index in [9.17, 15) is 8.42 Å². The predicted octanol–water partition coefficient (Wildman–Crippen LogP) is 1.51. The van der Waals surface area contributed by atoms with Gasteiger partial charge in [-0.1, -0.05) is 26.8 Å². The van der Waals surface area contributed by atoms with Gasteiger partial charge in [-0.25, -0.2) is 13.6 Å². The predicted molar refractivity (Wildman–Crippen MR) is 55.7 cm³/mol. The Hall–Kier alpha value is -0.350. The molecule has 0 radical (unpaired) electrons. The van der Waals surface area contributed by atoms with Crippen molar-refractivity contribution >= 4 is 10.0 Å². The second-order valence-corrected chi connectivity index (χ2v) is 5.52. The van der Waals surface area contributed by atoms with Crippen LogP contribution in [0.25, 0.3) is 0 Å². The molecular weight excluding hydrogens is 186 g/mol. The lowest BCUT2D eigenvalue weighted by Crippen LogP contribution is -2.37. The summed E-state index contributed by atoms with van der Waals surface area (Å²) in [5, 5.41) is 4.68. The van der Waals surface area contributed by atoms with Crippen LogP contribution in [0.2, 0.25) is 0 Å². The number of allylic oxidation sites excluding steroid dienone is 1. The average Bonchev–Trinajstić information content (AvgIpc) is 1.82. The van der Waals surface area contributed by atoms with E-state index < -0.39 is 15.3 Å². The zero-order valence-corrected chi connectivity index (χ0v) is 9.34. The van der Waals surface area contributed by atoms with Gasteiger partial charge in [-0.3, -0.25) is 0 Å². The highest BCUT2D eigenvalue weighted by atomic mass is 32.2. The molecule has 0 aliphatic rings. The molecular formula is C9H19NO2S. The van der Waals surface area contributed by atoms with Gasteiger partial charge in [0.05, 0.1) is 5.25 Å². The fraction of sp³-hybridized carbons (Fsp3) is 0.778. The van der Waals surface area contributed by atoms with Crippen molar-refractivity contribution < 1.29 is 8.42 Å². The van der Waals surface area contributed by atoms with Crippen LogP contribution in [-0.4, -0.2) is 13.7 Å². The van der Waals surface area contributed by atoms with Crippen molar-refractivity contribution in [3.8, 4) is 0 Å². The molecule has 0 saturated carbocycles. The molecule has 2 atom stereocenters. The average molecular weight is 205 g/mol. The topological polar surface area (TPSA) is 60.2 Å². The van der Waals surface area contributed by atoms with Crippen LogP contribution in [0.1, 0.15) is 27.2 Å². The van der Waals surface area contributed by atoms with E-state index in [1.807, 2.05) is 20.8 Å². The number of sulfonamides is 1. The molecule has 3 nitrogen and oxygen atoms in total. The van der Waals surface area contributed by atoms with Gasteiger partial charge in [0.25, 0.3) is 0 Å². The van der Waals surface area contributed by atoms with Crippen molar-refractivity contribution in [3.63, 3.8) is 0 Å². The molecule has 4 heteroatoms. The standard InChI is InChI=1S/C9H19NO2S/c1-5-6-8(4)9(7(2)3)13(10,11)12/h5,7-9H,1,6H2,2-4H3,(H2,10,11,12)/t8-,9-/m1/s1. The summed E-state index contributed by atoms with van der Waals surface area (Å²) in [6.07, 6.45) is 2.41. The Morgan fingerprint density at radius 3 is 2.08 bits per heavy atom. The molecule has 0 spiro atoms. The van der Waals surface area contributed by atoms with Crippen molar-refractivity contribution in [3.05, 3.63) is 12.7 Å². The summed E-state index contributed by atoms with van der Waals surface area (Å²) < 4.78 is 22.5. The van der Waals surface area contributed by atoms with E-state index in [1.54, 1.807) is 6.08 Å². The Balaban J connectivity index is 4.72. The molecule has 0 heterocycles. The first-order valence-electron chi connectivity index (χ1n) is 4.43. The molecule has 0 aromatic rings. The molecule has 78 valence electrons. The van der Waals surface area contributed by atoms with Crippen LogP contribution >= 0.6 is 0 Å². The normalized spacial score (nSPS) is 17.0. The van der Waals surface area contributed by atoms with E-state index >= 15 is 0 Å². The van der Waals surface area contributed by atoms with Crippen molar-refractivity contribution in [2.75, 3.05) is 0 Å². The second-order valence-electron chi connectivity index (χ2n) is 3.80. The van der Waals surface area contributed by atoms with Gasteiger partial charge in [0, 0.05) is 0 Å². The molecule has 0 unspecified atom stereocenters. The zero-order chi connectivity index (χ0) is 10.6. The highest BCUT2D eigenvalue weighted by molar-refractivity contribution is 7.89. The largest absolute Gasteiger partial charge is 0.228 e. The van der Waals surface area contributed by atoms with Gasteiger partial charge < -0.3 is 0 Å². The lowest BCUT2D eigenvalue weighted by atomic mass is 9.95. The van der Waals surface area contributed by atoms with Crippen LogP contribution in [0.15, 0.2) is 12.7 Å². The number of rotatable bonds is 5. The lowest BCUT2D eigenvalue weighted by Gasteiger charge is -2.24. The van der Waals surface area contributed by atoms with Gasteiger partial charge in [0.1, 0.15) is 0 Å². The third-order valence-electron chi connectivity index (χ3n) is 2.14. The molecule has 0 aromatic carbocycles. The molecule has 2 N–H and O–H groups in total. The Kier molecular flexibility index (Phi) is 4.64. The van der Waals surface area contributed by atoms with Crippen molar-refractivity contribution in [1.82, 2.24) is 0 Å². The first-order valence-corrected chi connectivity index (χ1v) is 6.04. The number of nitrogens with two attached hydrogens (primary N) is 1. The second kappa shape index (κ2) is 4.77. The SMILES string of the molecule is C=CC[C@@H](C)[C@@H](C(C)C)S(N)(=O)=O. The fourth-order valence-electron chi connectivity index (χ4n) is 1.76. The van der Waals surface area contributed by atoms with E-state index in [4.69, 9.17) is 5.14 Å². The highest BCUT2D eigenvalue weighted by Crippen LogP contribution is 2.21. The highest BCUT2D eigenvalue weighted by Gasteiger charge is 2.29. The van der Waals surface area contributed by atoms with E-state index in [0.717, 1.165) is 0 Å². The smallest absolute Gasteiger partial charge is 0.212 e. The minimum atomic E-state index is -3.43. The van der Waals surface area contributed by atoms with Crippen LogP contribution in [0.3, 0.4) is 0 Å². The van der Waals surface area contributed by atoms with E-state index in [1.165, 1.54) is 0 Å². The van der Waals surface area contributed by atoms with Crippen LogP contribution in [0.5, 0.6) is 0 Å². The van der Waals surface area contributed by atoms with E-state index in [-0.39, 0.29) is 11.8 Å². The molecule has 13 heavy (non-hydrogen) atoms. The fourth-order valence-corrected chi connectivity index (χ4v) is 3.27. The quantitative estimate of drug-likeness (QED) is 0.692. The van der Waals surface area contributed by atoms with Crippen molar-refractivity contribution in [1.29, 1.82) is 0 Å². The molecule has 0 bridgehead atoms. The van der Waals surface area contributed by atoms with Crippen molar-refractivity contribution in [2.45, 2.75) is 32.4 Å². The van der Waals surface area contributed by atoms with Crippen LogP contribution in [-0.2, 0) is 10.0 Å². The summed E-state index contributed by atoms with van der Waals surface area (Å²) >= 11 is 0. The summed E-state index contributed by atoms with van der Waals surface area (Å²) in [5.74, 6) is 0.0810. The summed E-state index contributed by atoms with van der Waals surface area (Å²) in [5.41, 5.74) is 0. The maximum Gasteiger partial charge on any atom is 0.212 e. The minimum absolute atomic E-state index is 0.0347. The summed E-state index contributed by atoms with van der Waals surface area (Å²) in [4.78, 5) is 0. The molecule has 0 aliphatic heterocycles. The number of primary sulfonamides is 1. The third kappa shape index (κ3) is 3.91. The van der Waals surface area contributed by atoms with E-state index in [2.05, 4.69) is 6.58 Å². The van der Waals surface area contributed by atoms with Gasteiger partial charge in [-0.2, -0.15) is 0 Å². The van der Waals surface area contributed by atoms with Gasteiger partial charge in [0.15, 0.2) is 0 Å². The first-order chi connectivity index (χ1) is 5.80. The minimum Gasteiger partial charge on any atom is -0.228 e. The Morgan fingerprint density at radius 2 is 1.85 bits per heavy atom. The van der Waals surface area contributed by atoms with E-state index in [0.29, 0.717) is 6.42 Å². The monoisotopic (exact) mass is 205 g/mol. The summed E-state index contributed by atoms with van der Waals surface area (Å²) in [6, 6.07) is 0. The van der Waals surface area contributed by atoms with Gasteiger partial charge >= 0.3 is 0 Å². The third-order valence-corrected chi connectivity index (χ3v) is 3.90. The van der Waals surface area contributed by atoms with Gasteiger partial charge in [-0.05, 0) is 18.3 Å². The molecule has 0 saturated heterocycles. The van der Waals surface area contributed by atoms with Gasteiger partial charge in [0.2, 0.25) is 10.0 Å². The van der Waals surface area contributed by atoms with Crippen LogP contribution < -0.4 is 5.14 Å². The zero-order valence-electron chi connectivity index (χ0n) is 8.53. The maximum absolute atomic E-state index is 11.2. The Labute approximate surface area is 81.1 Å². The van der Waals surface area contributed by atoms with Gasteiger partial charge in [-0.15, -0.1) is 6.58 Å². The summed E-state index contributed by atoms with van der Waals surface area (Å²) in [7, 11) is -3.43. The first kappa shape index (κ1) is 12.7. The summed E-state index contributed by atoms with van der Waals surface area (Å²) in [6.45, 7) is 9.21. The van der Waals surface area contributed by atoms with Crippen LogP contribution in [0, 0.1) is 11.8 Å². The Bertz CT molecular complexity index is 257. The molecule has 0 amide bonds.